The van der Waals surface area contributed by atoms with Gasteiger partial charge in [0, 0.05) is 24.9 Å². The van der Waals surface area contributed by atoms with Crippen molar-refractivity contribution in [1.82, 2.24) is 4.90 Å². The molecule has 1 aromatic rings. The van der Waals surface area contributed by atoms with Gasteiger partial charge in [0.25, 0.3) is 5.91 Å². The molecule has 4 N–H and O–H groups in total. The van der Waals surface area contributed by atoms with E-state index in [1.165, 1.54) is 0 Å². The Hall–Kier alpha value is -3.80. The number of ether oxygens (including phenoxy) is 1. The van der Waals surface area contributed by atoms with E-state index in [9.17, 15) is 20.6 Å². The van der Waals surface area contributed by atoms with E-state index in [0.29, 0.717) is 18.8 Å². The van der Waals surface area contributed by atoms with Crippen LogP contribution in [0.15, 0.2) is 47.2 Å². The van der Waals surface area contributed by atoms with Crippen LogP contribution in [0.5, 0.6) is 5.75 Å². The maximum atomic E-state index is 10.9. The molecule has 1 aliphatic carbocycles. The number of hydrogen-bond donors (Lipinski definition) is 2. The van der Waals surface area contributed by atoms with Gasteiger partial charge in [-0.2, -0.15) is 15.8 Å². The molecule has 1 aliphatic heterocycles. The van der Waals surface area contributed by atoms with Gasteiger partial charge < -0.3 is 21.1 Å². The topological polar surface area (TPSA) is 153 Å². The molecular formula is C21H20N6O2. The highest BCUT2D eigenvalue weighted by molar-refractivity contribution is 5.75. The molecule has 1 heterocycles. The number of nitriles is 3. The molecule has 146 valence electrons. The number of nitrogens with zero attached hydrogens (tertiary/aromatic N) is 4. The Balaban J connectivity index is 2.14. The summed E-state index contributed by atoms with van der Waals surface area (Å²) in [5.74, 6) is -0.946. The number of primary amides is 1. The van der Waals surface area contributed by atoms with Gasteiger partial charge in [-0.1, -0.05) is 18.2 Å². The summed E-state index contributed by atoms with van der Waals surface area (Å²) < 4.78 is 5.29. The van der Waals surface area contributed by atoms with Crippen LogP contribution in [0.1, 0.15) is 11.5 Å². The fraction of sp³-hybridized carbons (Fsp3) is 0.333. The van der Waals surface area contributed by atoms with E-state index in [1.54, 1.807) is 24.3 Å². The van der Waals surface area contributed by atoms with E-state index in [-0.39, 0.29) is 23.8 Å². The molecule has 1 amide bonds. The van der Waals surface area contributed by atoms with E-state index in [1.807, 2.05) is 13.1 Å². The SMILES string of the molecule is CN1CC=C2C(C#N)=C(N)C(C#N)(C#N)[C@H](c3ccc(OCC(N)=O)cc3)[C@H]2C1. The second kappa shape index (κ2) is 7.67. The highest BCUT2D eigenvalue weighted by Crippen LogP contribution is 2.54. The molecule has 8 nitrogen and oxygen atoms in total. The van der Waals surface area contributed by atoms with Gasteiger partial charge in [0.05, 0.1) is 23.4 Å². The molecule has 0 radical (unpaired) electrons. The van der Waals surface area contributed by atoms with Crippen LogP contribution < -0.4 is 16.2 Å². The van der Waals surface area contributed by atoms with Crippen molar-refractivity contribution in [3.05, 3.63) is 52.7 Å². The number of rotatable bonds is 4. The Labute approximate surface area is 168 Å². The lowest BCUT2D eigenvalue weighted by Crippen LogP contribution is -2.47. The Bertz CT molecular complexity index is 1010. The van der Waals surface area contributed by atoms with E-state index in [4.69, 9.17) is 16.2 Å². The van der Waals surface area contributed by atoms with Crippen LogP contribution in [0, 0.1) is 45.3 Å². The van der Waals surface area contributed by atoms with Gasteiger partial charge in [0.15, 0.2) is 12.0 Å². The molecule has 0 spiro atoms. The third-order valence-electron chi connectivity index (χ3n) is 5.47. The smallest absolute Gasteiger partial charge is 0.255 e. The zero-order valence-corrected chi connectivity index (χ0v) is 15.9. The number of carbonyl (C=O) groups excluding carboxylic acids is 1. The molecule has 0 unspecified atom stereocenters. The molecule has 0 bridgehead atoms. The van der Waals surface area contributed by atoms with Crippen molar-refractivity contribution in [2.45, 2.75) is 5.92 Å². The number of amides is 1. The maximum absolute atomic E-state index is 10.9. The summed E-state index contributed by atoms with van der Waals surface area (Å²) in [4.78, 5) is 13.0. The first-order chi connectivity index (χ1) is 13.9. The van der Waals surface area contributed by atoms with Crippen molar-refractivity contribution in [1.29, 1.82) is 15.8 Å². The van der Waals surface area contributed by atoms with E-state index in [0.717, 1.165) is 11.1 Å². The molecule has 0 fully saturated rings. The van der Waals surface area contributed by atoms with Crippen LogP contribution in [0.4, 0.5) is 0 Å². The van der Waals surface area contributed by atoms with E-state index in [2.05, 4.69) is 23.1 Å². The van der Waals surface area contributed by atoms with Crippen LogP contribution in [-0.4, -0.2) is 37.6 Å². The second-order valence-electron chi connectivity index (χ2n) is 7.22. The fourth-order valence-electron chi connectivity index (χ4n) is 4.13. The van der Waals surface area contributed by atoms with Crippen molar-refractivity contribution < 1.29 is 9.53 Å². The lowest BCUT2D eigenvalue weighted by atomic mass is 9.58. The molecule has 0 saturated carbocycles. The van der Waals surface area contributed by atoms with Crippen LogP contribution in [0.25, 0.3) is 0 Å². The number of likely N-dealkylation sites (N-methyl/N-ethyl adjacent to an activating group) is 1. The normalized spacial score (nSPS) is 23.0. The van der Waals surface area contributed by atoms with Gasteiger partial charge in [-0.25, -0.2) is 0 Å². The Kier molecular flexibility index (Phi) is 5.28. The number of carbonyl (C=O) groups is 1. The average molecular weight is 388 g/mol. The first-order valence-electron chi connectivity index (χ1n) is 9.00. The van der Waals surface area contributed by atoms with Crippen molar-refractivity contribution in [2.75, 3.05) is 26.7 Å². The number of allylic oxidation sites excluding steroid dienone is 2. The molecule has 0 saturated heterocycles. The van der Waals surface area contributed by atoms with Crippen LogP contribution in [0.3, 0.4) is 0 Å². The average Bonchev–Trinajstić information content (AvgIpc) is 2.72. The number of fused-ring (bicyclic) bond motifs is 1. The zero-order valence-electron chi connectivity index (χ0n) is 15.9. The minimum atomic E-state index is -1.67. The minimum absolute atomic E-state index is 0.00360. The van der Waals surface area contributed by atoms with Crippen molar-refractivity contribution in [3.63, 3.8) is 0 Å². The summed E-state index contributed by atoms with van der Waals surface area (Å²) in [5.41, 5.74) is 11.4. The van der Waals surface area contributed by atoms with E-state index < -0.39 is 17.2 Å². The summed E-state index contributed by atoms with van der Waals surface area (Å²) in [6, 6.07) is 13.1. The maximum Gasteiger partial charge on any atom is 0.255 e. The molecule has 2 atom stereocenters. The number of benzene rings is 1. The van der Waals surface area contributed by atoms with Crippen molar-refractivity contribution in [3.8, 4) is 24.0 Å². The van der Waals surface area contributed by atoms with Crippen LogP contribution >= 0.6 is 0 Å². The molecule has 1 aromatic carbocycles. The number of hydrogen-bond acceptors (Lipinski definition) is 7. The summed E-state index contributed by atoms with van der Waals surface area (Å²) in [7, 11) is 1.94. The first kappa shape index (κ1) is 19.9. The molecular weight excluding hydrogens is 368 g/mol. The molecule has 2 aliphatic rings. The highest BCUT2D eigenvalue weighted by atomic mass is 16.5. The van der Waals surface area contributed by atoms with Gasteiger partial charge in [-0.15, -0.1) is 0 Å². The number of nitrogens with two attached hydrogens (primary N) is 2. The van der Waals surface area contributed by atoms with Gasteiger partial charge in [-0.3, -0.25) is 4.79 Å². The van der Waals surface area contributed by atoms with Crippen molar-refractivity contribution >= 4 is 5.91 Å². The fourth-order valence-corrected chi connectivity index (χ4v) is 4.13. The zero-order chi connectivity index (χ0) is 21.2. The summed E-state index contributed by atoms with van der Waals surface area (Å²) in [6.45, 7) is 0.994. The summed E-state index contributed by atoms with van der Waals surface area (Å²) in [5, 5.41) is 29.7. The predicted molar refractivity (Wildman–Crippen MR) is 103 cm³/mol. The van der Waals surface area contributed by atoms with Gasteiger partial charge >= 0.3 is 0 Å². The molecule has 0 aromatic heterocycles. The first-order valence-corrected chi connectivity index (χ1v) is 9.00. The summed E-state index contributed by atoms with van der Waals surface area (Å²) in [6.07, 6.45) is 1.94. The third-order valence-corrected chi connectivity index (χ3v) is 5.47. The van der Waals surface area contributed by atoms with E-state index >= 15 is 0 Å². The Morgan fingerprint density at radius 2 is 1.93 bits per heavy atom. The largest absolute Gasteiger partial charge is 0.484 e. The van der Waals surface area contributed by atoms with Crippen LogP contribution in [0.2, 0.25) is 0 Å². The Morgan fingerprint density at radius 1 is 1.28 bits per heavy atom. The van der Waals surface area contributed by atoms with Crippen LogP contribution in [-0.2, 0) is 4.79 Å². The lowest BCUT2D eigenvalue weighted by molar-refractivity contribution is -0.119. The minimum Gasteiger partial charge on any atom is -0.484 e. The molecule has 29 heavy (non-hydrogen) atoms. The predicted octanol–water partition coefficient (Wildman–Crippen LogP) is 0.906. The van der Waals surface area contributed by atoms with Gasteiger partial charge in [0.1, 0.15) is 11.8 Å². The molecule has 8 heteroatoms. The highest BCUT2D eigenvalue weighted by Gasteiger charge is 2.54. The van der Waals surface area contributed by atoms with Gasteiger partial charge in [-0.05, 0) is 30.3 Å². The monoisotopic (exact) mass is 388 g/mol. The third kappa shape index (κ3) is 3.29. The van der Waals surface area contributed by atoms with Gasteiger partial charge in [0.2, 0.25) is 0 Å². The Morgan fingerprint density at radius 3 is 2.48 bits per heavy atom. The molecule has 3 rings (SSSR count). The standard InChI is InChI=1S/C21H20N6O2/c1-27-7-6-15-16(8-22)20(26)21(11-23,12-24)19(17(15)9-27)13-2-4-14(5-3-13)29-10-18(25)28/h2-6,17,19H,7,9-10,26H2,1H3,(H2,25,28)/t17-,19+/m0/s1. The quantitative estimate of drug-likeness (QED) is 0.777. The second-order valence-corrected chi connectivity index (χ2v) is 7.22. The lowest BCUT2D eigenvalue weighted by Gasteiger charge is -2.45. The van der Waals surface area contributed by atoms with Crippen molar-refractivity contribution in [2.24, 2.45) is 22.8 Å². The summed E-state index contributed by atoms with van der Waals surface area (Å²) >= 11 is 0.